The van der Waals surface area contributed by atoms with Gasteiger partial charge in [-0.05, 0) is 37.8 Å². The standard InChI is InChI=1S/C17H21N5O2/c23-17(18-9-13-3-2-8-24-13)21-12-6-7-22(10-12)16-14-4-1-5-15(14)19-11-20-16/h2-3,8,11-12H,1,4-7,9-10H2,(H2,18,21,23)/t12-/m1/s1. The van der Waals surface area contributed by atoms with E-state index in [0.29, 0.717) is 6.54 Å². The number of nitrogens with zero attached hydrogens (tertiary/aromatic N) is 3. The average molecular weight is 327 g/mol. The molecule has 1 aliphatic carbocycles. The fourth-order valence-corrected chi connectivity index (χ4v) is 3.50. The molecule has 1 saturated heterocycles. The first-order valence-corrected chi connectivity index (χ1v) is 8.44. The highest BCUT2D eigenvalue weighted by molar-refractivity contribution is 5.74. The Balaban J connectivity index is 1.32. The van der Waals surface area contributed by atoms with Crippen molar-refractivity contribution in [2.24, 2.45) is 0 Å². The SMILES string of the molecule is O=C(NCc1ccco1)N[C@@H]1CCN(c2ncnc3c2CCC3)C1. The van der Waals surface area contributed by atoms with Gasteiger partial charge in [0.15, 0.2) is 0 Å². The highest BCUT2D eigenvalue weighted by atomic mass is 16.3. The summed E-state index contributed by atoms with van der Waals surface area (Å²) in [7, 11) is 0. The molecule has 2 aromatic rings. The van der Waals surface area contributed by atoms with Crippen LogP contribution in [0.15, 0.2) is 29.1 Å². The number of amides is 2. The van der Waals surface area contributed by atoms with Crippen molar-refractivity contribution >= 4 is 11.8 Å². The van der Waals surface area contributed by atoms with Crippen molar-refractivity contribution in [3.8, 4) is 0 Å². The van der Waals surface area contributed by atoms with Crippen LogP contribution in [0.2, 0.25) is 0 Å². The summed E-state index contributed by atoms with van der Waals surface area (Å²) >= 11 is 0. The molecule has 2 N–H and O–H groups in total. The molecule has 0 aromatic carbocycles. The minimum atomic E-state index is -0.161. The van der Waals surface area contributed by atoms with Crippen molar-refractivity contribution in [3.05, 3.63) is 41.7 Å². The third-order valence-corrected chi connectivity index (χ3v) is 4.68. The Morgan fingerprint density at radius 2 is 2.33 bits per heavy atom. The van der Waals surface area contributed by atoms with E-state index in [4.69, 9.17) is 4.42 Å². The molecule has 2 amide bonds. The molecule has 7 heteroatoms. The third kappa shape index (κ3) is 3.06. The molecule has 2 aromatic heterocycles. The summed E-state index contributed by atoms with van der Waals surface area (Å²) in [5.74, 6) is 1.80. The van der Waals surface area contributed by atoms with Crippen LogP contribution in [0.3, 0.4) is 0 Å². The number of aryl methyl sites for hydroxylation is 1. The lowest BCUT2D eigenvalue weighted by molar-refractivity contribution is 0.236. The number of rotatable bonds is 4. The van der Waals surface area contributed by atoms with E-state index in [-0.39, 0.29) is 12.1 Å². The summed E-state index contributed by atoms with van der Waals surface area (Å²) < 4.78 is 5.21. The fraction of sp³-hybridized carbons (Fsp3) is 0.471. The Labute approximate surface area is 140 Å². The number of hydrogen-bond acceptors (Lipinski definition) is 5. The zero-order valence-corrected chi connectivity index (χ0v) is 13.5. The van der Waals surface area contributed by atoms with Gasteiger partial charge in [-0.3, -0.25) is 0 Å². The number of nitrogens with one attached hydrogen (secondary N) is 2. The van der Waals surface area contributed by atoms with Gasteiger partial charge >= 0.3 is 6.03 Å². The molecule has 1 fully saturated rings. The van der Waals surface area contributed by atoms with Crippen LogP contribution in [0.25, 0.3) is 0 Å². The number of anilines is 1. The second-order valence-electron chi connectivity index (χ2n) is 6.31. The van der Waals surface area contributed by atoms with Crippen molar-refractivity contribution in [2.75, 3.05) is 18.0 Å². The molecule has 0 radical (unpaired) electrons. The Morgan fingerprint density at radius 3 is 3.21 bits per heavy atom. The molecule has 24 heavy (non-hydrogen) atoms. The van der Waals surface area contributed by atoms with Crippen LogP contribution >= 0.6 is 0 Å². The van der Waals surface area contributed by atoms with Crippen LogP contribution in [0, 0.1) is 0 Å². The molecule has 1 aliphatic heterocycles. The van der Waals surface area contributed by atoms with E-state index in [1.54, 1.807) is 12.6 Å². The summed E-state index contributed by atoms with van der Waals surface area (Å²) in [5, 5.41) is 5.85. The van der Waals surface area contributed by atoms with Crippen LogP contribution < -0.4 is 15.5 Å². The first-order valence-electron chi connectivity index (χ1n) is 8.44. The van der Waals surface area contributed by atoms with Crippen LogP contribution in [0.1, 0.15) is 29.9 Å². The Kier molecular flexibility index (Phi) is 4.06. The maximum Gasteiger partial charge on any atom is 0.315 e. The molecule has 0 spiro atoms. The number of carbonyl (C=O) groups excluding carboxylic acids is 1. The smallest absolute Gasteiger partial charge is 0.315 e. The zero-order valence-electron chi connectivity index (χ0n) is 13.5. The molecule has 0 unspecified atom stereocenters. The number of aromatic nitrogens is 2. The molecular weight excluding hydrogens is 306 g/mol. The van der Waals surface area contributed by atoms with Gasteiger partial charge in [-0.15, -0.1) is 0 Å². The van der Waals surface area contributed by atoms with Crippen molar-refractivity contribution in [2.45, 2.75) is 38.3 Å². The van der Waals surface area contributed by atoms with E-state index < -0.39 is 0 Å². The number of furan rings is 1. The molecule has 3 heterocycles. The van der Waals surface area contributed by atoms with Gasteiger partial charge in [0.1, 0.15) is 17.9 Å². The molecule has 0 bridgehead atoms. The van der Waals surface area contributed by atoms with Crippen molar-refractivity contribution in [1.82, 2.24) is 20.6 Å². The van der Waals surface area contributed by atoms with Crippen LogP contribution in [0.4, 0.5) is 10.6 Å². The summed E-state index contributed by atoms with van der Waals surface area (Å²) in [6.45, 7) is 2.10. The average Bonchev–Trinajstić information content (AvgIpc) is 3.33. The quantitative estimate of drug-likeness (QED) is 0.892. The maximum atomic E-state index is 12.0. The summed E-state index contributed by atoms with van der Waals surface area (Å²) in [4.78, 5) is 23.2. The second kappa shape index (κ2) is 6.51. The number of fused-ring (bicyclic) bond motifs is 1. The van der Waals surface area contributed by atoms with E-state index in [2.05, 4.69) is 25.5 Å². The zero-order chi connectivity index (χ0) is 16.4. The third-order valence-electron chi connectivity index (χ3n) is 4.68. The minimum absolute atomic E-state index is 0.133. The van der Waals surface area contributed by atoms with Gasteiger partial charge in [0.05, 0.1) is 12.8 Å². The van der Waals surface area contributed by atoms with E-state index in [9.17, 15) is 4.79 Å². The summed E-state index contributed by atoms with van der Waals surface area (Å²) in [6.07, 6.45) is 7.46. The van der Waals surface area contributed by atoms with E-state index in [1.807, 2.05) is 12.1 Å². The number of carbonyl (C=O) groups is 1. The van der Waals surface area contributed by atoms with Crippen molar-refractivity contribution in [1.29, 1.82) is 0 Å². The molecule has 0 saturated carbocycles. The molecule has 1 atom stereocenters. The predicted molar refractivity (Wildman–Crippen MR) is 88.8 cm³/mol. The van der Waals surface area contributed by atoms with Gasteiger partial charge in [-0.2, -0.15) is 0 Å². The minimum Gasteiger partial charge on any atom is -0.467 e. The largest absolute Gasteiger partial charge is 0.467 e. The molecule has 7 nitrogen and oxygen atoms in total. The lowest BCUT2D eigenvalue weighted by Crippen LogP contribution is -2.43. The highest BCUT2D eigenvalue weighted by Gasteiger charge is 2.28. The van der Waals surface area contributed by atoms with Gasteiger partial charge < -0.3 is 20.0 Å². The van der Waals surface area contributed by atoms with E-state index >= 15 is 0 Å². The summed E-state index contributed by atoms with van der Waals surface area (Å²) in [6, 6.07) is 3.62. The molecular formula is C17H21N5O2. The van der Waals surface area contributed by atoms with Crippen molar-refractivity contribution < 1.29 is 9.21 Å². The van der Waals surface area contributed by atoms with Gasteiger partial charge in [0.2, 0.25) is 0 Å². The number of hydrogen-bond donors (Lipinski definition) is 2. The Hall–Kier alpha value is -2.57. The molecule has 126 valence electrons. The fourth-order valence-electron chi connectivity index (χ4n) is 3.50. The highest BCUT2D eigenvalue weighted by Crippen LogP contribution is 2.29. The monoisotopic (exact) mass is 327 g/mol. The topological polar surface area (TPSA) is 83.3 Å². The van der Waals surface area contributed by atoms with Crippen molar-refractivity contribution in [3.63, 3.8) is 0 Å². The second-order valence-corrected chi connectivity index (χ2v) is 6.31. The predicted octanol–water partition coefficient (Wildman–Crippen LogP) is 1.64. The van der Waals surface area contributed by atoms with Gasteiger partial charge in [-0.1, -0.05) is 0 Å². The molecule has 4 rings (SSSR count). The van der Waals surface area contributed by atoms with Crippen LogP contribution in [-0.2, 0) is 19.4 Å². The van der Waals surface area contributed by atoms with Gasteiger partial charge in [0, 0.05) is 30.4 Å². The first-order chi connectivity index (χ1) is 11.8. The summed E-state index contributed by atoms with van der Waals surface area (Å²) in [5.41, 5.74) is 2.48. The first kappa shape index (κ1) is 15.0. The Bertz CT molecular complexity index is 716. The van der Waals surface area contributed by atoms with Crippen LogP contribution in [0.5, 0.6) is 0 Å². The normalized spacial score (nSPS) is 19.3. The van der Waals surface area contributed by atoms with E-state index in [1.165, 1.54) is 11.3 Å². The lowest BCUT2D eigenvalue weighted by Gasteiger charge is -2.20. The van der Waals surface area contributed by atoms with Crippen LogP contribution in [-0.4, -0.2) is 35.1 Å². The van der Waals surface area contributed by atoms with Gasteiger partial charge in [0.25, 0.3) is 0 Å². The number of urea groups is 1. The molecule has 2 aliphatic rings. The Morgan fingerprint density at radius 1 is 1.38 bits per heavy atom. The van der Waals surface area contributed by atoms with E-state index in [0.717, 1.165) is 50.4 Å². The lowest BCUT2D eigenvalue weighted by atomic mass is 10.2. The maximum absolute atomic E-state index is 12.0. The van der Waals surface area contributed by atoms with Gasteiger partial charge in [-0.25, -0.2) is 14.8 Å².